The summed E-state index contributed by atoms with van der Waals surface area (Å²) in [5.74, 6) is -0.706. The van der Waals surface area contributed by atoms with Gasteiger partial charge < -0.3 is 10.8 Å². The molecule has 0 saturated carbocycles. The summed E-state index contributed by atoms with van der Waals surface area (Å²) in [6.45, 7) is 6.47. The molecule has 0 aliphatic carbocycles. The summed E-state index contributed by atoms with van der Waals surface area (Å²) < 4.78 is 0. The van der Waals surface area contributed by atoms with Gasteiger partial charge in [-0.3, -0.25) is 4.79 Å². The van der Waals surface area contributed by atoms with Crippen LogP contribution in [-0.2, 0) is 4.79 Å². The smallest absolute Gasteiger partial charge is 0.246 e. The molecule has 0 saturated heterocycles. The van der Waals surface area contributed by atoms with E-state index in [4.69, 9.17) is 10.8 Å². The van der Waals surface area contributed by atoms with Crippen LogP contribution in [-0.4, -0.2) is 17.1 Å². The Bertz CT molecular complexity index is 151. The van der Waals surface area contributed by atoms with Gasteiger partial charge in [-0.2, -0.15) is 0 Å². The quantitative estimate of drug-likeness (QED) is 0.399. The molecular formula is C6H9NO2. The van der Waals surface area contributed by atoms with Crippen LogP contribution in [0.4, 0.5) is 0 Å². The molecule has 0 aromatic heterocycles. The first-order valence-electron chi connectivity index (χ1n) is 2.38. The average Bonchev–Trinajstić information content (AvgIpc) is 1.84. The first kappa shape index (κ1) is 7.91. The van der Waals surface area contributed by atoms with Crippen molar-refractivity contribution < 1.29 is 9.90 Å². The van der Waals surface area contributed by atoms with E-state index in [9.17, 15) is 4.79 Å². The highest BCUT2D eigenvalue weighted by Crippen LogP contribution is 1.97. The molecule has 50 valence electrons. The second-order valence-corrected chi connectivity index (χ2v) is 1.57. The van der Waals surface area contributed by atoms with Crippen molar-refractivity contribution in [3.05, 3.63) is 24.8 Å². The summed E-state index contributed by atoms with van der Waals surface area (Å²) in [7, 11) is 0. The third-order valence-corrected chi connectivity index (χ3v) is 0.897. The Balaban J connectivity index is 4.03. The highest BCUT2D eigenvalue weighted by Gasteiger charge is 2.07. The lowest BCUT2D eigenvalue weighted by molar-refractivity contribution is -0.115. The predicted octanol–water partition coefficient (Wildman–Crippen LogP) is -0.425. The van der Waals surface area contributed by atoms with Crippen molar-refractivity contribution in [3.63, 3.8) is 0 Å². The Labute approximate surface area is 53.5 Å². The zero-order valence-electron chi connectivity index (χ0n) is 5.00. The van der Waals surface area contributed by atoms with Gasteiger partial charge in [-0.05, 0) is 0 Å². The normalized spacial score (nSPS) is 12.1. The number of aliphatic hydroxyl groups excluding tert-OH is 1. The Kier molecular flexibility index (Phi) is 2.67. The second-order valence-electron chi connectivity index (χ2n) is 1.57. The summed E-state index contributed by atoms with van der Waals surface area (Å²) in [5.41, 5.74) is 4.73. The Hall–Kier alpha value is -1.09. The van der Waals surface area contributed by atoms with Crippen molar-refractivity contribution in [2.45, 2.75) is 6.10 Å². The number of rotatable bonds is 3. The van der Waals surface area contributed by atoms with Crippen molar-refractivity contribution in [1.82, 2.24) is 0 Å². The van der Waals surface area contributed by atoms with Gasteiger partial charge in [-0.15, -0.1) is 6.58 Å². The van der Waals surface area contributed by atoms with E-state index in [0.717, 1.165) is 0 Å². The molecule has 0 radical (unpaired) electrons. The SMILES string of the molecule is C=CC(O)C(=C)C(N)=O. The summed E-state index contributed by atoms with van der Waals surface area (Å²) in [6.07, 6.45) is 0.176. The number of primary amides is 1. The van der Waals surface area contributed by atoms with Crippen LogP contribution in [0.5, 0.6) is 0 Å². The van der Waals surface area contributed by atoms with Crippen LogP contribution in [0.25, 0.3) is 0 Å². The molecule has 0 rings (SSSR count). The molecule has 1 amide bonds. The fourth-order valence-electron chi connectivity index (χ4n) is 0.288. The number of nitrogens with two attached hydrogens (primary N) is 1. The van der Waals surface area contributed by atoms with E-state index in [1.165, 1.54) is 6.08 Å². The van der Waals surface area contributed by atoms with Crippen LogP contribution in [0.2, 0.25) is 0 Å². The number of hydrogen-bond acceptors (Lipinski definition) is 2. The van der Waals surface area contributed by atoms with E-state index in [1.54, 1.807) is 0 Å². The van der Waals surface area contributed by atoms with Gasteiger partial charge in [0.1, 0.15) is 6.10 Å². The number of carbonyl (C=O) groups is 1. The molecule has 0 aromatic carbocycles. The van der Waals surface area contributed by atoms with Gasteiger partial charge in [0, 0.05) is 5.57 Å². The minimum atomic E-state index is -1.01. The van der Waals surface area contributed by atoms with E-state index in [0.29, 0.717) is 0 Å². The van der Waals surface area contributed by atoms with Gasteiger partial charge in [-0.25, -0.2) is 0 Å². The van der Waals surface area contributed by atoms with Crippen LogP contribution < -0.4 is 5.73 Å². The van der Waals surface area contributed by atoms with Gasteiger partial charge >= 0.3 is 0 Å². The first-order chi connectivity index (χ1) is 4.09. The van der Waals surface area contributed by atoms with Gasteiger partial charge in [0.2, 0.25) is 5.91 Å². The van der Waals surface area contributed by atoms with Crippen molar-refractivity contribution in [2.24, 2.45) is 5.73 Å². The Morgan fingerprint density at radius 2 is 2.22 bits per heavy atom. The molecule has 0 aliphatic heterocycles. The lowest BCUT2D eigenvalue weighted by Gasteiger charge is -2.02. The van der Waals surface area contributed by atoms with Gasteiger partial charge in [0.15, 0.2) is 0 Å². The number of aliphatic hydroxyl groups is 1. The summed E-state index contributed by atoms with van der Waals surface area (Å²) in [5, 5.41) is 8.78. The predicted molar refractivity (Wildman–Crippen MR) is 34.5 cm³/mol. The molecule has 3 N–H and O–H groups in total. The molecule has 0 bridgehead atoms. The van der Waals surface area contributed by atoms with Crippen LogP contribution in [0.3, 0.4) is 0 Å². The number of carbonyl (C=O) groups excluding carboxylic acids is 1. The molecule has 0 heterocycles. The van der Waals surface area contributed by atoms with E-state index < -0.39 is 12.0 Å². The van der Waals surface area contributed by atoms with Crippen molar-refractivity contribution in [1.29, 1.82) is 0 Å². The second kappa shape index (κ2) is 3.04. The first-order valence-corrected chi connectivity index (χ1v) is 2.38. The topological polar surface area (TPSA) is 63.3 Å². The minimum absolute atomic E-state index is 0.0370. The van der Waals surface area contributed by atoms with Crippen LogP contribution >= 0.6 is 0 Å². The van der Waals surface area contributed by atoms with Crippen LogP contribution in [0.15, 0.2) is 24.8 Å². The third-order valence-electron chi connectivity index (χ3n) is 0.897. The molecule has 1 unspecified atom stereocenters. The lowest BCUT2D eigenvalue weighted by Crippen LogP contribution is -2.21. The fraction of sp³-hybridized carbons (Fsp3) is 0.167. The fourth-order valence-corrected chi connectivity index (χ4v) is 0.288. The Morgan fingerprint density at radius 1 is 1.78 bits per heavy atom. The third kappa shape index (κ3) is 2.10. The number of amides is 1. The average molecular weight is 127 g/mol. The molecule has 3 heteroatoms. The standard InChI is InChI=1S/C6H9NO2/c1-3-5(8)4(2)6(7)9/h3,5,8H,1-2H2,(H2,7,9). The minimum Gasteiger partial charge on any atom is -0.384 e. The van der Waals surface area contributed by atoms with Gasteiger partial charge in [0.05, 0.1) is 0 Å². The largest absolute Gasteiger partial charge is 0.384 e. The van der Waals surface area contributed by atoms with E-state index in [-0.39, 0.29) is 5.57 Å². The zero-order valence-corrected chi connectivity index (χ0v) is 5.00. The van der Waals surface area contributed by atoms with Gasteiger partial charge in [0.25, 0.3) is 0 Å². The maximum Gasteiger partial charge on any atom is 0.246 e. The van der Waals surface area contributed by atoms with Crippen LogP contribution in [0, 0.1) is 0 Å². The summed E-state index contributed by atoms with van der Waals surface area (Å²) in [4.78, 5) is 10.2. The van der Waals surface area contributed by atoms with E-state index in [2.05, 4.69) is 13.2 Å². The monoisotopic (exact) mass is 127 g/mol. The zero-order chi connectivity index (χ0) is 7.44. The van der Waals surface area contributed by atoms with E-state index >= 15 is 0 Å². The summed E-state index contributed by atoms with van der Waals surface area (Å²) >= 11 is 0. The lowest BCUT2D eigenvalue weighted by atomic mass is 10.1. The molecule has 0 spiro atoms. The molecule has 3 nitrogen and oxygen atoms in total. The highest BCUT2D eigenvalue weighted by molar-refractivity contribution is 5.92. The summed E-state index contributed by atoms with van der Waals surface area (Å²) in [6, 6.07) is 0. The molecule has 9 heavy (non-hydrogen) atoms. The molecule has 1 atom stereocenters. The molecular weight excluding hydrogens is 118 g/mol. The van der Waals surface area contributed by atoms with Crippen molar-refractivity contribution in [2.75, 3.05) is 0 Å². The van der Waals surface area contributed by atoms with E-state index in [1.807, 2.05) is 0 Å². The molecule has 0 fully saturated rings. The maximum atomic E-state index is 10.2. The van der Waals surface area contributed by atoms with Crippen molar-refractivity contribution in [3.8, 4) is 0 Å². The maximum absolute atomic E-state index is 10.2. The molecule has 0 aliphatic rings. The number of hydrogen-bond donors (Lipinski definition) is 2. The van der Waals surface area contributed by atoms with Crippen LogP contribution in [0.1, 0.15) is 0 Å². The Morgan fingerprint density at radius 3 is 2.33 bits per heavy atom. The highest BCUT2D eigenvalue weighted by atomic mass is 16.3. The van der Waals surface area contributed by atoms with Crippen molar-refractivity contribution >= 4 is 5.91 Å². The molecule has 0 aromatic rings. The van der Waals surface area contributed by atoms with Gasteiger partial charge in [-0.1, -0.05) is 12.7 Å².